The van der Waals surface area contributed by atoms with E-state index in [0.29, 0.717) is 17.8 Å². The fourth-order valence-electron chi connectivity index (χ4n) is 1.68. The summed E-state index contributed by atoms with van der Waals surface area (Å²) in [4.78, 5) is 23.5. The van der Waals surface area contributed by atoms with Gasteiger partial charge in [0.05, 0.1) is 5.60 Å². The van der Waals surface area contributed by atoms with E-state index in [4.69, 9.17) is 4.74 Å². The molecule has 0 fully saturated rings. The van der Waals surface area contributed by atoms with Gasteiger partial charge in [0.2, 0.25) is 5.91 Å². The van der Waals surface area contributed by atoms with Crippen LogP contribution < -0.4 is 10.6 Å². The van der Waals surface area contributed by atoms with Gasteiger partial charge in [-0.2, -0.15) is 0 Å². The van der Waals surface area contributed by atoms with Gasteiger partial charge in [-0.1, -0.05) is 0 Å². The Hall–Kier alpha value is -1.88. The lowest BCUT2D eigenvalue weighted by Crippen LogP contribution is -2.27. The number of hydrogen-bond acceptors (Lipinski definition) is 3. The molecular formula is C16H24N2O3. The van der Waals surface area contributed by atoms with E-state index in [-0.39, 0.29) is 24.0 Å². The quantitative estimate of drug-likeness (QED) is 0.876. The van der Waals surface area contributed by atoms with Crippen molar-refractivity contribution in [2.24, 2.45) is 0 Å². The molecule has 0 heterocycles. The molecule has 0 saturated carbocycles. The molecule has 116 valence electrons. The van der Waals surface area contributed by atoms with Crippen molar-refractivity contribution >= 4 is 17.5 Å². The van der Waals surface area contributed by atoms with Gasteiger partial charge in [0.1, 0.15) is 6.61 Å². The minimum absolute atomic E-state index is 0.00100. The number of rotatable bonds is 5. The number of carbonyl (C=O) groups is 2. The summed E-state index contributed by atoms with van der Waals surface area (Å²) >= 11 is 0. The summed E-state index contributed by atoms with van der Waals surface area (Å²) in [5.74, 6) is -0.326. The Balaban J connectivity index is 2.68. The Morgan fingerprint density at radius 2 is 1.90 bits per heavy atom. The van der Waals surface area contributed by atoms with Crippen LogP contribution in [0.25, 0.3) is 0 Å². The summed E-state index contributed by atoms with van der Waals surface area (Å²) in [5.41, 5.74) is 1.75. The Labute approximate surface area is 126 Å². The van der Waals surface area contributed by atoms with Gasteiger partial charge in [0.25, 0.3) is 5.91 Å². The summed E-state index contributed by atoms with van der Waals surface area (Å²) in [6, 6.07) is 5.18. The fraction of sp³-hybridized carbons (Fsp3) is 0.500. The zero-order valence-electron chi connectivity index (χ0n) is 13.4. The molecule has 0 aliphatic rings. The lowest BCUT2D eigenvalue weighted by molar-refractivity contribution is -0.125. The summed E-state index contributed by atoms with van der Waals surface area (Å²) in [6.07, 6.45) is 0. The van der Waals surface area contributed by atoms with E-state index < -0.39 is 0 Å². The largest absolute Gasteiger partial charge is 0.366 e. The van der Waals surface area contributed by atoms with Crippen LogP contribution in [0, 0.1) is 6.92 Å². The van der Waals surface area contributed by atoms with Crippen LogP contribution in [0.2, 0.25) is 0 Å². The first-order valence-electron chi connectivity index (χ1n) is 7.05. The number of aryl methyl sites for hydroxylation is 1. The maximum Gasteiger partial charge on any atom is 0.251 e. The molecule has 21 heavy (non-hydrogen) atoms. The van der Waals surface area contributed by atoms with Gasteiger partial charge in [-0.05, 0) is 58.4 Å². The number of benzene rings is 1. The van der Waals surface area contributed by atoms with Crippen LogP contribution in [-0.4, -0.2) is 30.6 Å². The second-order valence-corrected chi connectivity index (χ2v) is 5.84. The Morgan fingerprint density at radius 1 is 1.24 bits per heavy atom. The molecule has 1 rings (SSSR count). The summed E-state index contributed by atoms with van der Waals surface area (Å²) in [6.45, 7) is 9.99. The number of ether oxygens (including phenoxy) is 1. The zero-order valence-corrected chi connectivity index (χ0v) is 13.4. The van der Waals surface area contributed by atoms with E-state index in [1.807, 2.05) is 34.6 Å². The molecule has 5 nitrogen and oxygen atoms in total. The lowest BCUT2D eigenvalue weighted by Gasteiger charge is -2.19. The average Bonchev–Trinajstić information content (AvgIpc) is 2.38. The van der Waals surface area contributed by atoms with Gasteiger partial charge in [0, 0.05) is 17.8 Å². The highest BCUT2D eigenvalue weighted by atomic mass is 16.5. The van der Waals surface area contributed by atoms with Crippen LogP contribution in [0.5, 0.6) is 0 Å². The first-order valence-corrected chi connectivity index (χ1v) is 7.05. The molecule has 0 unspecified atom stereocenters. The number of hydrogen-bond donors (Lipinski definition) is 2. The molecule has 0 aromatic heterocycles. The molecular weight excluding hydrogens is 268 g/mol. The van der Waals surface area contributed by atoms with Crippen LogP contribution in [0.3, 0.4) is 0 Å². The summed E-state index contributed by atoms with van der Waals surface area (Å²) in [7, 11) is 0. The number of amides is 2. The molecule has 0 aliphatic heterocycles. The van der Waals surface area contributed by atoms with Gasteiger partial charge in [-0.15, -0.1) is 0 Å². The van der Waals surface area contributed by atoms with Crippen molar-refractivity contribution < 1.29 is 14.3 Å². The zero-order chi connectivity index (χ0) is 16.0. The van der Waals surface area contributed by atoms with Gasteiger partial charge < -0.3 is 15.4 Å². The molecule has 0 aliphatic carbocycles. The first-order chi connectivity index (χ1) is 9.73. The Bertz CT molecular complexity index is 519. The normalized spacial score (nSPS) is 11.1. The second-order valence-electron chi connectivity index (χ2n) is 5.84. The second kappa shape index (κ2) is 7.22. The maximum absolute atomic E-state index is 11.8. The summed E-state index contributed by atoms with van der Waals surface area (Å²) in [5, 5.41) is 5.53. The summed E-state index contributed by atoms with van der Waals surface area (Å²) < 4.78 is 5.42. The van der Waals surface area contributed by atoms with E-state index in [0.717, 1.165) is 5.56 Å². The first kappa shape index (κ1) is 17.2. The molecule has 2 amide bonds. The van der Waals surface area contributed by atoms with Crippen LogP contribution in [-0.2, 0) is 9.53 Å². The molecule has 2 N–H and O–H groups in total. The smallest absolute Gasteiger partial charge is 0.251 e. The van der Waals surface area contributed by atoms with E-state index in [9.17, 15) is 9.59 Å². The fourth-order valence-corrected chi connectivity index (χ4v) is 1.68. The molecule has 1 aromatic carbocycles. The third-order valence-corrected chi connectivity index (χ3v) is 2.74. The number of anilines is 1. The van der Waals surface area contributed by atoms with Crippen molar-refractivity contribution in [1.29, 1.82) is 0 Å². The third kappa shape index (κ3) is 5.95. The van der Waals surface area contributed by atoms with Crippen LogP contribution >= 0.6 is 0 Å². The van der Waals surface area contributed by atoms with Crippen molar-refractivity contribution in [2.45, 2.75) is 40.2 Å². The van der Waals surface area contributed by atoms with E-state index >= 15 is 0 Å². The highest BCUT2D eigenvalue weighted by Crippen LogP contribution is 2.17. The molecule has 5 heteroatoms. The van der Waals surface area contributed by atoms with E-state index in [1.54, 1.807) is 18.2 Å². The average molecular weight is 292 g/mol. The number of carbonyl (C=O) groups excluding carboxylic acids is 2. The molecule has 0 radical (unpaired) electrons. The van der Waals surface area contributed by atoms with Gasteiger partial charge in [0.15, 0.2) is 0 Å². The highest BCUT2D eigenvalue weighted by Gasteiger charge is 2.14. The minimum atomic E-state index is -0.353. The maximum atomic E-state index is 11.8. The van der Waals surface area contributed by atoms with Crippen molar-refractivity contribution in [3.8, 4) is 0 Å². The van der Waals surface area contributed by atoms with Crippen molar-refractivity contribution in [3.63, 3.8) is 0 Å². The SMILES string of the molecule is CCNC(=O)c1ccc(NC(=O)COC(C)(C)C)c(C)c1. The van der Waals surface area contributed by atoms with Gasteiger partial charge in [-0.3, -0.25) is 9.59 Å². The monoisotopic (exact) mass is 292 g/mol. The van der Waals surface area contributed by atoms with Crippen molar-refractivity contribution in [2.75, 3.05) is 18.5 Å². The lowest BCUT2D eigenvalue weighted by atomic mass is 10.1. The van der Waals surface area contributed by atoms with Gasteiger partial charge >= 0.3 is 0 Å². The molecule has 0 spiro atoms. The van der Waals surface area contributed by atoms with Crippen LogP contribution in [0.1, 0.15) is 43.6 Å². The predicted octanol–water partition coefficient (Wildman–Crippen LogP) is 2.50. The minimum Gasteiger partial charge on any atom is -0.366 e. The topological polar surface area (TPSA) is 67.4 Å². The highest BCUT2D eigenvalue weighted by molar-refractivity contribution is 5.96. The third-order valence-electron chi connectivity index (χ3n) is 2.74. The molecule has 0 atom stereocenters. The van der Waals surface area contributed by atoms with Crippen LogP contribution in [0.15, 0.2) is 18.2 Å². The van der Waals surface area contributed by atoms with Gasteiger partial charge in [-0.25, -0.2) is 0 Å². The van der Waals surface area contributed by atoms with Crippen molar-refractivity contribution in [3.05, 3.63) is 29.3 Å². The Kier molecular flexibility index (Phi) is 5.90. The van der Waals surface area contributed by atoms with E-state index in [2.05, 4.69) is 10.6 Å². The van der Waals surface area contributed by atoms with Crippen LogP contribution in [0.4, 0.5) is 5.69 Å². The van der Waals surface area contributed by atoms with Crippen molar-refractivity contribution in [1.82, 2.24) is 5.32 Å². The van der Waals surface area contributed by atoms with E-state index in [1.165, 1.54) is 0 Å². The standard InChI is InChI=1S/C16H24N2O3/c1-6-17-15(20)12-7-8-13(11(2)9-12)18-14(19)10-21-16(3,4)5/h7-9H,6,10H2,1-5H3,(H,17,20)(H,18,19). The molecule has 0 bridgehead atoms. The Morgan fingerprint density at radius 3 is 2.43 bits per heavy atom. The molecule has 0 saturated heterocycles. The predicted molar refractivity (Wildman–Crippen MR) is 83.5 cm³/mol. The number of nitrogens with one attached hydrogen (secondary N) is 2. The molecule has 1 aromatic rings.